The smallest absolute Gasteiger partial charge is 0.0121 e. The minimum absolute atomic E-state index is 0.755. The molecule has 1 aliphatic carbocycles. The van der Waals surface area contributed by atoms with E-state index >= 15 is 0 Å². The van der Waals surface area contributed by atoms with Gasteiger partial charge in [0.05, 0.1) is 0 Å². The van der Waals surface area contributed by atoms with Crippen molar-refractivity contribution in [2.24, 2.45) is 23.7 Å². The molecular weight excluding hydrogens is 194 g/mol. The van der Waals surface area contributed by atoms with Crippen LogP contribution in [0, 0.1) is 23.7 Å². The van der Waals surface area contributed by atoms with Crippen molar-refractivity contribution in [3.8, 4) is 0 Å². The lowest BCUT2D eigenvalue weighted by molar-refractivity contribution is 0.144. The van der Waals surface area contributed by atoms with E-state index in [0.29, 0.717) is 0 Å². The van der Waals surface area contributed by atoms with E-state index in [-0.39, 0.29) is 0 Å². The molecule has 5 unspecified atom stereocenters. The van der Waals surface area contributed by atoms with Gasteiger partial charge in [0.25, 0.3) is 0 Å². The number of hydrogen-bond donors (Lipinski definition) is 1. The van der Waals surface area contributed by atoms with Crippen LogP contribution < -0.4 is 5.32 Å². The van der Waals surface area contributed by atoms with Crippen molar-refractivity contribution >= 4 is 0 Å². The molecule has 1 N–H and O–H groups in total. The summed E-state index contributed by atoms with van der Waals surface area (Å²) in [5.74, 6) is 3.60. The third-order valence-corrected chi connectivity index (χ3v) is 4.84. The first-order chi connectivity index (χ1) is 7.60. The third kappa shape index (κ3) is 3.48. The van der Waals surface area contributed by atoms with Crippen LogP contribution in [-0.4, -0.2) is 12.6 Å². The average molecular weight is 225 g/mol. The standard InChI is InChI=1S/C15H31N/c1-6-11(3)15(16-7-2)14-9-8-12(4)13(5)10-14/h11-16H,6-10H2,1-5H3. The van der Waals surface area contributed by atoms with Gasteiger partial charge in [0, 0.05) is 6.04 Å². The van der Waals surface area contributed by atoms with E-state index in [0.717, 1.165) is 36.3 Å². The second-order valence-electron chi connectivity index (χ2n) is 6.00. The highest BCUT2D eigenvalue weighted by Gasteiger charge is 2.31. The van der Waals surface area contributed by atoms with Crippen LogP contribution >= 0.6 is 0 Å². The number of nitrogens with one attached hydrogen (secondary N) is 1. The van der Waals surface area contributed by atoms with Gasteiger partial charge in [-0.2, -0.15) is 0 Å². The fraction of sp³-hybridized carbons (Fsp3) is 1.00. The van der Waals surface area contributed by atoms with Crippen molar-refractivity contribution in [1.29, 1.82) is 0 Å². The Kier molecular flexibility index (Phi) is 5.82. The van der Waals surface area contributed by atoms with Crippen molar-refractivity contribution in [3.63, 3.8) is 0 Å². The molecule has 1 fully saturated rings. The summed E-state index contributed by atoms with van der Waals surface area (Å²) < 4.78 is 0. The zero-order chi connectivity index (χ0) is 12.1. The fourth-order valence-corrected chi connectivity index (χ4v) is 3.24. The SMILES string of the molecule is CCNC(C(C)CC)C1CCC(C)C(C)C1. The van der Waals surface area contributed by atoms with Gasteiger partial charge < -0.3 is 5.32 Å². The minimum Gasteiger partial charge on any atom is -0.314 e. The Morgan fingerprint density at radius 1 is 1.12 bits per heavy atom. The maximum absolute atomic E-state index is 3.74. The molecule has 5 atom stereocenters. The summed E-state index contributed by atoms with van der Waals surface area (Å²) in [7, 11) is 0. The molecule has 0 heterocycles. The van der Waals surface area contributed by atoms with Crippen LogP contribution in [0.3, 0.4) is 0 Å². The van der Waals surface area contributed by atoms with Crippen LogP contribution in [-0.2, 0) is 0 Å². The van der Waals surface area contributed by atoms with Gasteiger partial charge in [-0.05, 0) is 43.1 Å². The molecule has 0 aromatic rings. The molecule has 0 aliphatic heterocycles. The zero-order valence-corrected chi connectivity index (χ0v) is 11.9. The van der Waals surface area contributed by atoms with Gasteiger partial charge in [-0.1, -0.05) is 47.5 Å². The summed E-state index contributed by atoms with van der Waals surface area (Å²) in [6.45, 7) is 13.0. The first-order valence-electron chi connectivity index (χ1n) is 7.33. The Hall–Kier alpha value is -0.0400. The van der Waals surface area contributed by atoms with E-state index in [2.05, 4.69) is 39.9 Å². The van der Waals surface area contributed by atoms with Gasteiger partial charge in [-0.25, -0.2) is 0 Å². The lowest BCUT2D eigenvalue weighted by Gasteiger charge is -2.39. The zero-order valence-electron chi connectivity index (χ0n) is 11.9. The first kappa shape index (κ1) is 14.0. The summed E-state index contributed by atoms with van der Waals surface area (Å²) in [6, 6.07) is 0.755. The Morgan fingerprint density at radius 2 is 1.81 bits per heavy atom. The molecule has 1 rings (SSSR count). The third-order valence-electron chi connectivity index (χ3n) is 4.84. The monoisotopic (exact) mass is 225 g/mol. The Labute approximate surface area is 102 Å². The summed E-state index contributed by atoms with van der Waals surface area (Å²) >= 11 is 0. The highest BCUT2D eigenvalue weighted by molar-refractivity contribution is 4.86. The van der Waals surface area contributed by atoms with E-state index in [1.165, 1.54) is 25.7 Å². The fourth-order valence-electron chi connectivity index (χ4n) is 3.24. The number of hydrogen-bond acceptors (Lipinski definition) is 1. The first-order valence-corrected chi connectivity index (χ1v) is 7.33. The van der Waals surface area contributed by atoms with Crippen LogP contribution in [0.4, 0.5) is 0 Å². The molecule has 1 nitrogen and oxygen atoms in total. The molecule has 1 heteroatoms. The summed E-state index contributed by atoms with van der Waals surface area (Å²) in [5, 5.41) is 3.74. The maximum Gasteiger partial charge on any atom is 0.0121 e. The van der Waals surface area contributed by atoms with E-state index in [4.69, 9.17) is 0 Å². The van der Waals surface area contributed by atoms with Gasteiger partial charge in [0.2, 0.25) is 0 Å². The quantitative estimate of drug-likeness (QED) is 0.743. The van der Waals surface area contributed by atoms with Crippen molar-refractivity contribution in [1.82, 2.24) is 5.32 Å². The summed E-state index contributed by atoms with van der Waals surface area (Å²) in [5.41, 5.74) is 0. The molecule has 0 radical (unpaired) electrons. The second-order valence-corrected chi connectivity index (χ2v) is 6.00. The average Bonchev–Trinajstić information content (AvgIpc) is 2.29. The molecule has 0 amide bonds. The minimum atomic E-state index is 0.755. The van der Waals surface area contributed by atoms with Crippen LogP contribution in [0.2, 0.25) is 0 Å². The lowest BCUT2D eigenvalue weighted by Crippen LogP contribution is -2.43. The highest BCUT2D eigenvalue weighted by Crippen LogP contribution is 2.37. The molecule has 0 bridgehead atoms. The lowest BCUT2D eigenvalue weighted by atomic mass is 9.71. The molecule has 1 aliphatic rings. The Bertz CT molecular complexity index is 190. The van der Waals surface area contributed by atoms with Crippen molar-refractivity contribution in [3.05, 3.63) is 0 Å². The molecular formula is C15H31N. The van der Waals surface area contributed by atoms with Crippen molar-refractivity contribution in [2.45, 2.75) is 66.3 Å². The summed E-state index contributed by atoms with van der Waals surface area (Å²) in [4.78, 5) is 0. The van der Waals surface area contributed by atoms with Crippen molar-refractivity contribution in [2.75, 3.05) is 6.54 Å². The predicted octanol–water partition coefficient (Wildman–Crippen LogP) is 4.08. The largest absolute Gasteiger partial charge is 0.314 e. The molecule has 96 valence electrons. The number of rotatable bonds is 5. The van der Waals surface area contributed by atoms with E-state index in [1.54, 1.807) is 0 Å². The van der Waals surface area contributed by atoms with Crippen molar-refractivity contribution < 1.29 is 0 Å². The van der Waals surface area contributed by atoms with Crippen LogP contribution in [0.5, 0.6) is 0 Å². The van der Waals surface area contributed by atoms with Gasteiger partial charge >= 0.3 is 0 Å². The topological polar surface area (TPSA) is 12.0 Å². The van der Waals surface area contributed by atoms with Gasteiger partial charge in [0.15, 0.2) is 0 Å². The van der Waals surface area contributed by atoms with E-state index in [9.17, 15) is 0 Å². The summed E-state index contributed by atoms with van der Waals surface area (Å²) in [6.07, 6.45) is 5.61. The molecule has 16 heavy (non-hydrogen) atoms. The van der Waals surface area contributed by atoms with E-state index < -0.39 is 0 Å². The van der Waals surface area contributed by atoms with Crippen LogP contribution in [0.15, 0.2) is 0 Å². The Morgan fingerprint density at radius 3 is 2.31 bits per heavy atom. The molecule has 0 aromatic carbocycles. The molecule has 0 saturated heterocycles. The molecule has 0 spiro atoms. The van der Waals surface area contributed by atoms with Crippen LogP contribution in [0.1, 0.15) is 60.3 Å². The molecule has 1 saturated carbocycles. The predicted molar refractivity (Wildman–Crippen MR) is 72.6 cm³/mol. The molecule has 0 aromatic heterocycles. The van der Waals surface area contributed by atoms with Gasteiger partial charge in [-0.3, -0.25) is 0 Å². The van der Waals surface area contributed by atoms with Gasteiger partial charge in [-0.15, -0.1) is 0 Å². The highest BCUT2D eigenvalue weighted by atomic mass is 14.9. The normalized spacial score (nSPS) is 34.7. The maximum atomic E-state index is 3.74. The second kappa shape index (κ2) is 6.64. The van der Waals surface area contributed by atoms with Crippen LogP contribution in [0.25, 0.3) is 0 Å². The van der Waals surface area contributed by atoms with Gasteiger partial charge in [0.1, 0.15) is 0 Å². The Balaban J connectivity index is 2.57. The van der Waals surface area contributed by atoms with E-state index in [1.807, 2.05) is 0 Å².